The minimum atomic E-state index is -1.21. The van der Waals surface area contributed by atoms with E-state index in [2.05, 4.69) is 16.9 Å². The Labute approximate surface area is 117 Å². The predicted octanol–water partition coefficient (Wildman–Crippen LogP) is 1.94. The summed E-state index contributed by atoms with van der Waals surface area (Å²) in [6.45, 7) is 5.12. The van der Waals surface area contributed by atoms with Gasteiger partial charge in [0.05, 0.1) is 5.57 Å². The third kappa shape index (κ3) is 3.94. The Bertz CT molecular complexity index is 460. The molecule has 1 aliphatic rings. The fourth-order valence-electron chi connectivity index (χ4n) is 2.12. The molecular weight excluding hydrogens is 260 g/mol. The predicted molar refractivity (Wildman–Crippen MR) is 75.6 cm³/mol. The van der Waals surface area contributed by atoms with Gasteiger partial charge < -0.3 is 15.5 Å². The Hall–Kier alpha value is -2.11. The van der Waals surface area contributed by atoms with Crippen molar-refractivity contribution in [1.29, 1.82) is 0 Å². The standard InChI is InChI=1S/C14H20N2O4/c1-3-11(17)15-9-10(2)12(18)16-14(13(19)20)7-5-4-6-8-14/h3,9,17H,2,4-8H2,1H3,(H,16,18)(H,19,20)/b11-3+,15-9-. The summed E-state index contributed by atoms with van der Waals surface area (Å²) in [5.41, 5.74) is -1.21. The highest BCUT2D eigenvalue weighted by Gasteiger charge is 2.41. The van der Waals surface area contributed by atoms with Gasteiger partial charge in [-0.1, -0.05) is 25.8 Å². The van der Waals surface area contributed by atoms with Gasteiger partial charge in [0.15, 0.2) is 0 Å². The molecule has 0 bridgehead atoms. The summed E-state index contributed by atoms with van der Waals surface area (Å²) >= 11 is 0. The molecule has 0 atom stereocenters. The number of allylic oxidation sites excluding steroid dienone is 1. The van der Waals surface area contributed by atoms with E-state index in [9.17, 15) is 14.7 Å². The van der Waals surface area contributed by atoms with Crippen LogP contribution in [-0.4, -0.2) is 33.8 Å². The van der Waals surface area contributed by atoms with Crippen molar-refractivity contribution in [2.24, 2.45) is 4.99 Å². The number of aliphatic hydroxyl groups excluding tert-OH is 1. The van der Waals surface area contributed by atoms with E-state index in [0.717, 1.165) is 25.5 Å². The maximum absolute atomic E-state index is 12.0. The number of carbonyl (C=O) groups is 2. The van der Waals surface area contributed by atoms with E-state index in [-0.39, 0.29) is 11.5 Å². The number of hydrogen-bond donors (Lipinski definition) is 3. The number of amides is 1. The van der Waals surface area contributed by atoms with E-state index in [4.69, 9.17) is 5.11 Å². The summed E-state index contributed by atoms with van der Waals surface area (Å²) in [7, 11) is 0. The maximum Gasteiger partial charge on any atom is 0.329 e. The van der Waals surface area contributed by atoms with E-state index < -0.39 is 17.4 Å². The lowest BCUT2D eigenvalue weighted by Crippen LogP contribution is -2.55. The van der Waals surface area contributed by atoms with Crippen LogP contribution in [0.25, 0.3) is 0 Å². The number of carboxylic acids is 1. The number of aliphatic imine (C=N–C) groups is 1. The fourth-order valence-corrected chi connectivity index (χ4v) is 2.12. The Morgan fingerprint density at radius 1 is 1.25 bits per heavy atom. The van der Waals surface area contributed by atoms with Gasteiger partial charge in [-0.2, -0.15) is 0 Å². The first-order valence-electron chi connectivity index (χ1n) is 6.55. The molecule has 0 aromatic carbocycles. The maximum atomic E-state index is 12.0. The van der Waals surface area contributed by atoms with Crippen molar-refractivity contribution < 1.29 is 19.8 Å². The molecular formula is C14H20N2O4. The normalized spacial score (nSPS) is 18.8. The van der Waals surface area contributed by atoms with Crippen molar-refractivity contribution in [2.75, 3.05) is 0 Å². The molecule has 1 rings (SSSR count). The van der Waals surface area contributed by atoms with Crippen molar-refractivity contribution in [3.05, 3.63) is 24.1 Å². The number of hydrogen-bond acceptors (Lipinski definition) is 4. The lowest BCUT2D eigenvalue weighted by molar-refractivity contribution is -0.148. The van der Waals surface area contributed by atoms with E-state index in [1.54, 1.807) is 6.92 Å². The third-order valence-corrected chi connectivity index (χ3v) is 3.37. The number of aliphatic hydroxyl groups is 1. The van der Waals surface area contributed by atoms with Crippen molar-refractivity contribution in [1.82, 2.24) is 5.32 Å². The van der Waals surface area contributed by atoms with E-state index in [0.29, 0.717) is 12.8 Å². The minimum Gasteiger partial charge on any atom is -0.494 e. The van der Waals surface area contributed by atoms with Crippen molar-refractivity contribution in [3.8, 4) is 0 Å². The van der Waals surface area contributed by atoms with Gasteiger partial charge in [-0.3, -0.25) is 4.79 Å². The average molecular weight is 280 g/mol. The Balaban J connectivity index is 2.74. The monoisotopic (exact) mass is 280 g/mol. The molecule has 6 heteroatoms. The van der Waals surface area contributed by atoms with Gasteiger partial charge in [0.25, 0.3) is 5.91 Å². The minimum absolute atomic E-state index is 0.00426. The third-order valence-electron chi connectivity index (χ3n) is 3.37. The number of nitrogens with zero attached hydrogens (tertiary/aromatic N) is 1. The first-order chi connectivity index (χ1) is 9.41. The van der Waals surface area contributed by atoms with Crippen molar-refractivity contribution >= 4 is 18.1 Å². The van der Waals surface area contributed by atoms with Gasteiger partial charge in [-0.25, -0.2) is 9.79 Å². The molecule has 20 heavy (non-hydrogen) atoms. The molecule has 1 saturated carbocycles. The van der Waals surface area contributed by atoms with Crippen LogP contribution in [0.15, 0.2) is 29.1 Å². The van der Waals surface area contributed by atoms with Gasteiger partial charge in [0.1, 0.15) is 5.54 Å². The molecule has 0 saturated heterocycles. The van der Waals surface area contributed by atoms with E-state index >= 15 is 0 Å². The molecule has 0 heterocycles. The van der Waals surface area contributed by atoms with Crippen LogP contribution in [0, 0.1) is 0 Å². The molecule has 0 spiro atoms. The van der Waals surface area contributed by atoms with Crippen LogP contribution in [0.2, 0.25) is 0 Å². The van der Waals surface area contributed by atoms with Crippen molar-refractivity contribution in [3.63, 3.8) is 0 Å². The summed E-state index contributed by atoms with van der Waals surface area (Å²) in [6, 6.07) is 0. The topological polar surface area (TPSA) is 99.0 Å². The first-order valence-corrected chi connectivity index (χ1v) is 6.55. The SMILES string of the molecule is C=C(/C=N\C(O)=C/C)C(=O)NC1(C(=O)O)CCCCC1. The van der Waals surface area contributed by atoms with Gasteiger partial charge in [0.2, 0.25) is 5.88 Å². The summed E-state index contributed by atoms with van der Waals surface area (Å²) in [5, 5.41) is 21.0. The molecule has 0 aliphatic heterocycles. The fraction of sp³-hybridized carbons (Fsp3) is 0.500. The van der Waals surface area contributed by atoms with E-state index in [1.165, 1.54) is 6.08 Å². The van der Waals surface area contributed by atoms with Crippen molar-refractivity contribution in [2.45, 2.75) is 44.6 Å². The number of aliphatic carboxylic acids is 1. The van der Waals surface area contributed by atoms with Crippen LogP contribution in [0.4, 0.5) is 0 Å². The van der Waals surface area contributed by atoms with Crippen LogP contribution in [-0.2, 0) is 9.59 Å². The molecule has 0 unspecified atom stereocenters. The molecule has 1 aliphatic carbocycles. The number of rotatable bonds is 5. The summed E-state index contributed by atoms with van der Waals surface area (Å²) < 4.78 is 0. The zero-order valence-electron chi connectivity index (χ0n) is 11.6. The smallest absolute Gasteiger partial charge is 0.329 e. The zero-order valence-corrected chi connectivity index (χ0v) is 11.6. The lowest BCUT2D eigenvalue weighted by Gasteiger charge is -2.33. The quantitative estimate of drug-likeness (QED) is 0.407. The molecule has 3 N–H and O–H groups in total. The molecule has 0 radical (unpaired) electrons. The number of carboxylic acid groups (broad SMARTS) is 1. The van der Waals surface area contributed by atoms with Crippen LogP contribution in [0.5, 0.6) is 0 Å². The summed E-state index contributed by atoms with van der Waals surface area (Å²) in [6.07, 6.45) is 5.82. The largest absolute Gasteiger partial charge is 0.494 e. The summed E-state index contributed by atoms with van der Waals surface area (Å²) in [4.78, 5) is 27.0. The summed E-state index contributed by atoms with van der Waals surface area (Å²) in [5.74, 6) is -1.84. The molecule has 0 aromatic heterocycles. The molecule has 1 amide bonds. The second-order valence-electron chi connectivity index (χ2n) is 4.83. The Morgan fingerprint density at radius 3 is 2.35 bits per heavy atom. The molecule has 6 nitrogen and oxygen atoms in total. The van der Waals surface area contributed by atoms with Crippen LogP contribution >= 0.6 is 0 Å². The number of nitrogens with one attached hydrogen (secondary N) is 1. The lowest BCUT2D eigenvalue weighted by atomic mass is 9.81. The highest BCUT2D eigenvalue weighted by Crippen LogP contribution is 2.28. The van der Waals surface area contributed by atoms with Crippen LogP contribution in [0.1, 0.15) is 39.0 Å². The van der Waals surface area contributed by atoms with Crippen LogP contribution < -0.4 is 5.32 Å². The van der Waals surface area contributed by atoms with Gasteiger partial charge in [-0.05, 0) is 25.8 Å². The van der Waals surface area contributed by atoms with Gasteiger partial charge in [-0.15, -0.1) is 0 Å². The Kier molecular flexibility index (Phi) is 5.49. The van der Waals surface area contributed by atoms with E-state index in [1.807, 2.05) is 0 Å². The molecule has 1 fully saturated rings. The zero-order chi connectivity index (χ0) is 15.2. The van der Waals surface area contributed by atoms with Gasteiger partial charge in [0, 0.05) is 6.21 Å². The highest BCUT2D eigenvalue weighted by molar-refractivity contribution is 6.12. The van der Waals surface area contributed by atoms with Gasteiger partial charge >= 0.3 is 5.97 Å². The Morgan fingerprint density at radius 2 is 1.85 bits per heavy atom. The number of carbonyl (C=O) groups excluding carboxylic acids is 1. The van der Waals surface area contributed by atoms with Crippen LogP contribution in [0.3, 0.4) is 0 Å². The first kappa shape index (κ1) is 15.9. The molecule has 0 aromatic rings. The highest BCUT2D eigenvalue weighted by atomic mass is 16.4. The molecule has 110 valence electrons. The second kappa shape index (κ2) is 6.88. The average Bonchev–Trinajstić information content (AvgIpc) is 2.44. The second-order valence-corrected chi connectivity index (χ2v) is 4.83.